The van der Waals surface area contributed by atoms with Gasteiger partial charge in [-0.2, -0.15) is 0 Å². The standard InChI is InChI=1S/C20H18O3/c1-3-12-9-10-17-18(19-16(12)11-13(4-2)22-19)14-7-5-6-8-15(14)20(21)23-17/h5-9,11H,3-4,10H2,1-2H3. The summed E-state index contributed by atoms with van der Waals surface area (Å²) in [5.41, 5.74) is 3.01. The zero-order valence-electron chi connectivity index (χ0n) is 13.3. The van der Waals surface area contributed by atoms with Gasteiger partial charge in [-0.1, -0.05) is 38.1 Å². The highest BCUT2D eigenvalue weighted by atomic mass is 16.4. The van der Waals surface area contributed by atoms with E-state index in [4.69, 9.17) is 8.83 Å². The molecule has 0 unspecified atom stereocenters. The maximum atomic E-state index is 12.3. The Morgan fingerprint density at radius 3 is 2.57 bits per heavy atom. The van der Waals surface area contributed by atoms with Crippen molar-refractivity contribution in [3.63, 3.8) is 0 Å². The van der Waals surface area contributed by atoms with Gasteiger partial charge in [0, 0.05) is 23.8 Å². The minimum absolute atomic E-state index is 0.281. The molecule has 23 heavy (non-hydrogen) atoms. The summed E-state index contributed by atoms with van der Waals surface area (Å²) < 4.78 is 11.8. The maximum absolute atomic E-state index is 12.3. The number of benzene rings is 1. The fourth-order valence-electron chi connectivity index (χ4n) is 3.34. The summed E-state index contributed by atoms with van der Waals surface area (Å²) in [6.45, 7) is 4.22. The fraction of sp³-hybridized carbons (Fsp3) is 0.250. The van der Waals surface area contributed by atoms with Crippen molar-refractivity contribution < 1.29 is 8.83 Å². The van der Waals surface area contributed by atoms with Gasteiger partial charge in [-0.25, -0.2) is 4.79 Å². The predicted molar refractivity (Wildman–Crippen MR) is 91.5 cm³/mol. The van der Waals surface area contributed by atoms with Crippen LogP contribution in [0.4, 0.5) is 0 Å². The molecule has 0 saturated heterocycles. The first-order valence-corrected chi connectivity index (χ1v) is 8.10. The Balaban J connectivity index is 2.14. The zero-order valence-corrected chi connectivity index (χ0v) is 13.3. The molecule has 2 heterocycles. The second kappa shape index (κ2) is 5.27. The van der Waals surface area contributed by atoms with Crippen LogP contribution in [0.25, 0.3) is 27.7 Å². The Morgan fingerprint density at radius 2 is 1.83 bits per heavy atom. The molecular weight excluding hydrogens is 288 g/mol. The lowest BCUT2D eigenvalue weighted by Gasteiger charge is -2.08. The van der Waals surface area contributed by atoms with Gasteiger partial charge in [-0.3, -0.25) is 0 Å². The average Bonchev–Trinajstić information content (AvgIpc) is 2.94. The van der Waals surface area contributed by atoms with Gasteiger partial charge in [0.05, 0.1) is 10.9 Å². The van der Waals surface area contributed by atoms with Crippen molar-refractivity contribution in [2.45, 2.75) is 33.1 Å². The van der Waals surface area contributed by atoms with E-state index in [1.54, 1.807) is 0 Å². The number of hydrogen-bond donors (Lipinski definition) is 0. The molecule has 0 amide bonds. The third-order valence-corrected chi connectivity index (χ3v) is 4.53. The number of furan rings is 1. The van der Waals surface area contributed by atoms with Gasteiger partial charge in [0.2, 0.25) is 0 Å². The first-order valence-electron chi connectivity index (χ1n) is 8.10. The molecular formula is C20H18O3. The smallest absolute Gasteiger partial charge is 0.343 e. The number of rotatable bonds is 2. The number of hydrogen-bond acceptors (Lipinski definition) is 3. The topological polar surface area (TPSA) is 43.4 Å². The van der Waals surface area contributed by atoms with Crippen molar-refractivity contribution in [3.05, 3.63) is 63.9 Å². The first kappa shape index (κ1) is 14.1. The van der Waals surface area contributed by atoms with Crippen LogP contribution in [-0.2, 0) is 12.8 Å². The molecule has 0 atom stereocenters. The summed E-state index contributed by atoms with van der Waals surface area (Å²) in [6, 6.07) is 9.71. The SMILES string of the molecule is CCC1=CCc2oc(=O)c3ccccc3c2-c2oc(CC)cc21. The molecule has 4 rings (SSSR count). The Labute approximate surface area is 134 Å². The summed E-state index contributed by atoms with van der Waals surface area (Å²) in [5.74, 6) is 2.48. The molecule has 1 aliphatic carbocycles. The largest absolute Gasteiger partial charge is 0.460 e. The van der Waals surface area contributed by atoms with Crippen LogP contribution in [0, 0.1) is 0 Å². The van der Waals surface area contributed by atoms with Crippen LogP contribution in [0.15, 0.2) is 50.0 Å². The maximum Gasteiger partial charge on any atom is 0.343 e. The number of allylic oxidation sites excluding steroid dienone is 2. The van der Waals surface area contributed by atoms with Gasteiger partial charge >= 0.3 is 5.63 Å². The van der Waals surface area contributed by atoms with Gasteiger partial charge in [0.15, 0.2) is 0 Å². The molecule has 1 aromatic carbocycles. The van der Waals surface area contributed by atoms with E-state index in [9.17, 15) is 4.79 Å². The fourth-order valence-corrected chi connectivity index (χ4v) is 3.34. The summed E-state index contributed by atoms with van der Waals surface area (Å²) in [7, 11) is 0. The van der Waals surface area contributed by atoms with Crippen LogP contribution < -0.4 is 5.63 Å². The Morgan fingerprint density at radius 1 is 1.04 bits per heavy atom. The van der Waals surface area contributed by atoms with Crippen LogP contribution in [0.1, 0.15) is 37.4 Å². The van der Waals surface area contributed by atoms with Crippen molar-refractivity contribution in [2.24, 2.45) is 0 Å². The molecule has 116 valence electrons. The van der Waals surface area contributed by atoms with Gasteiger partial charge in [0.25, 0.3) is 0 Å². The molecule has 0 radical (unpaired) electrons. The van der Waals surface area contributed by atoms with Crippen molar-refractivity contribution in [2.75, 3.05) is 0 Å². The minimum atomic E-state index is -0.281. The van der Waals surface area contributed by atoms with E-state index in [0.29, 0.717) is 17.6 Å². The molecule has 0 bridgehead atoms. The molecule has 0 spiro atoms. The van der Waals surface area contributed by atoms with E-state index in [1.165, 1.54) is 5.57 Å². The lowest BCUT2D eigenvalue weighted by atomic mass is 9.99. The van der Waals surface area contributed by atoms with Gasteiger partial charge < -0.3 is 8.83 Å². The van der Waals surface area contributed by atoms with E-state index in [2.05, 4.69) is 26.0 Å². The highest BCUT2D eigenvalue weighted by molar-refractivity contribution is 5.98. The Hall–Kier alpha value is -2.55. The second-order valence-electron chi connectivity index (χ2n) is 5.83. The minimum Gasteiger partial charge on any atom is -0.460 e. The van der Waals surface area contributed by atoms with E-state index >= 15 is 0 Å². The molecule has 3 heteroatoms. The van der Waals surface area contributed by atoms with E-state index in [0.717, 1.165) is 40.9 Å². The van der Waals surface area contributed by atoms with E-state index in [1.807, 2.05) is 24.3 Å². The predicted octanol–water partition coefficient (Wildman–Crippen LogP) is 4.96. The molecule has 3 aromatic rings. The summed E-state index contributed by atoms with van der Waals surface area (Å²) in [4.78, 5) is 12.3. The van der Waals surface area contributed by atoms with Crippen molar-refractivity contribution in [3.8, 4) is 11.3 Å². The van der Waals surface area contributed by atoms with Crippen molar-refractivity contribution in [1.82, 2.24) is 0 Å². The van der Waals surface area contributed by atoms with Crippen molar-refractivity contribution >= 4 is 16.3 Å². The molecule has 0 fully saturated rings. The lowest BCUT2D eigenvalue weighted by Crippen LogP contribution is -2.04. The monoisotopic (exact) mass is 306 g/mol. The third-order valence-electron chi connectivity index (χ3n) is 4.53. The Kier molecular flexibility index (Phi) is 3.22. The number of aryl methyl sites for hydroxylation is 1. The van der Waals surface area contributed by atoms with Gasteiger partial charge in [-0.05, 0) is 24.1 Å². The van der Waals surface area contributed by atoms with Gasteiger partial charge in [-0.15, -0.1) is 0 Å². The molecule has 1 aliphatic rings. The van der Waals surface area contributed by atoms with Crippen LogP contribution in [-0.4, -0.2) is 0 Å². The normalized spacial score (nSPS) is 13.4. The Bertz CT molecular complexity index is 986. The summed E-state index contributed by atoms with van der Waals surface area (Å²) in [6.07, 6.45) is 4.53. The first-order chi connectivity index (χ1) is 11.2. The molecule has 0 N–H and O–H groups in total. The van der Waals surface area contributed by atoms with Crippen molar-refractivity contribution in [1.29, 1.82) is 0 Å². The summed E-state index contributed by atoms with van der Waals surface area (Å²) in [5, 5.41) is 1.51. The quantitative estimate of drug-likeness (QED) is 0.671. The second-order valence-corrected chi connectivity index (χ2v) is 5.83. The van der Waals surface area contributed by atoms with E-state index < -0.39 is 0 Å². The van der Waals surface area contributed by atoms with E-state index in [-0.39, 0.29) is 5.63 Å². The molecule has 0 aliphatic heterocycles. The van der Waals surface area contributed by atoms with Crippen LogP contribution in [0.5, 0.6) is 0 Å². The molecule has 3 nitrogen and oxygen atoms in total. The van der Waals surface area contributed by atoms with Crippen LogP contribution >= 0.6 is 0 Å². The molecule has 2 aromatic heterocycles. The number of fused-ring (bicyclic) bond motifs is 5. The highest BCUT2D eigenvalue weighted by Crippen LogP contribution is 2.41. The highest BCUT2D eigenvalue weighted by Gasteiger charge is 2.25. The van der Waals surface area contributed by atoms with Crippen LogP contribution in [0.3, 0.4) is 0 Å². The lowest BCUT2D eigenvalue weighted by molar-refractivity contribution is 0.474. The van der Waals surface area contributed by atoms with Crippen LogP contribution in [0.2, 0.25) is 0 Å². The average molecular weight is 306 g/mol. The summed E-state index contributed by atoms with van der Waals surface area (Å²) >= 11 is 0. The third kappa shape index (κ3) is 2.07. The zero-order chi connectivity index (χ0) is 16.0. The van der Waals surface area contributed by atoms with Gasteiger partial charge in [0.1, 0.15) is 17.3 Å². The molecule has 0 saturated carbocycles.